The number of nitrogens with one attached hydrogen (secondary N) is 1. The third kappa shape index (κ3) is 60.6. The molecule has 2 N–H and O–H groups in total. The number of rotatable bonds is 63. The van der Waals surface area contributed by atoms with Crippen molar-refractivity contribution in [3.05, 3.63) is 24.3 Å². The molecule has 9 heteroatoms. The lowest BCUT2D eigenvalue weighted by molar-refractivity contribution is -0.870. The highest BCUT2D eigenvalue weighted by atomic mass is 31.2. The van der Waals surface area contributed by atoms with Gasteiger partial charge in [0.1, 0.15) is 13.2 Å². The zero-order chi connectivity index (χ0) is 55.6. The maximum Gasteiger partial charge on any atom is 0.268 e. The Balaban J connectivity index is 4.08. The molecular formula is C67H133N2O6P. The second kappa shape index (κ2) is 58.6. The fraction of sp³-hybridized carbons (Fsp3) is 0.925. The quantitative estimate of drug-likeness (QED) is 0.0272. The van der Waals surface area contributed by atoms with Crippen molar-refractivity contribution < 1.29 is 32.9 Å². The van der Waals surface area contributed by atoms with Gasteiger partial charge in [-0.25, -0.2) is 0 Å². The fourth-order valence-electron chi connectivity index (χ4n) is 10.4. The number of hydrogen-bond donors (Lipinski definition) is 2. The number of unbranched alkanes of at least 4 members (excludes halogenated alkanes) is 48. The first kappa shape index (κ1) is 75.0. The molecule has 3 unspecified atom stereocenters. The Hall–Kier alpha value is -1.02. The van der Waals surface area contributed by atoms with Crippen molar-refractivity contribution in [3.8, 4) is 0 Å². The summed E-state index contributed by atoms with van der Waals surface area (Å²) >= 11 is 0. The van der Waals surface area contributed by atoms with Gasteiger partial charge in [-0.3, -0.25) is 9.36 Å². The zero-order valence-electron chi connectivity index (χ0n) is 51.7. The number of aliphatic hydroxyl groups is 1. The average Bonchev–Trinajstić information content (AvgIpc) is 3.38. The number of amides is 1. The van der Waals surface area contributed by atoms with Gasteiger partial charge >= 0.3 is 0 Å². The Labute approximate surface area is 474 Å². The van der Waals surface area contributed by atoms with Gasteiger partial charge in [0, 0.05) is 6.42 Å². The monoisotopic (exact) mass is 1090 g/mol. The van der Waals surface area contributed by atoms with E-state index in [1.807, 2.05) is 27.2 Å². The van der Waals surface area contributed by atoms with E-state index in [9.17, 15) is 19.4 Å². The molecule has 0 radical (unpaired) electrons. The minimum atomic E-state index is -4.61. The second-order valence-electron chi connectivity index (χ2n) is 24.5. The lowest BCUT2D eigenvalue weighted by Crippen LogP contribution is -2.45. The van der Waals surface area contributed by atoms with Crippen molar-refractivity contribution in [3.63, 3.8) is 0 Å². The van der Waals surface area contributed by atoms with E-state index >= 15 is 0 Å². The zero-order valence-corrected chi connectivity index (χ0v) is 52.6. The van der Waals surface area contributed by atoms with Gasteiger partial charge in [-0.2, -0.15) is 0 Å². The third-order valence-corrected chi connectivity index (χ3v) is 16.6. The van der Waals surface area contributed by atoms with Gasteiger partial charge in [0.25, 0.3) is 7.82 Å². The summed E-state index contributed by atoms with van der Waals surface area (Å²) in [6.45, 7) is 4.69. The van der Waals surface area contributed by atoms with Crippen LogP contribution >= 0.6 is 7.82 Å². The molecule has 0 aliphatic carbocycles. The molecule has 1 amide bonds. The highest BCUT2D eigenvalue weighted by molar-refractivity contribution is 7.45. The molecular weight excluding hydrogens is 960 g/mol. The summed E-state index contributed by atoms with van der Waals surface area (Å²) in [4.78, 5) is 25.6. The van der Waals surface area contributed by atoms with Crippen molar-refractivity contribution in [2.45, 2.75) is 360 Å². The van der Waals surface area contributed by atoms with Crippen molar-refractivity contribution in [2.75, 3.05) is 40.9 Å². The SMILES string of the molecule is CCCCCCCCCCCCCCCCCCCC/C=C/CC/C=C/C(O)C(COP(=O)([O-])OCC[N+](C)(C)C)NC(=O)CCCCCCCCCCCCCCCCCCCCCCCCCCCCCCCC. The molecule has 0 fully saturated rings. The number of aliphatic hydroxyl groups excluding tert-OH is 1. The van der Waals surface area contributed by atoms with E-state index in [0.717, 1.165) is 38.5 Å². The second-order valence-corrected chi connectivity index (χ2v) is 25.9. The summed E-state index contributed by atoms with van der Waals surface area (Å²) in [6, 6.07) is -0.901. The van der Waals surface area contributed by atoms with Crippen LogP contribution < -0.4 is 10.2 Å². The standard InChI is InChI=1S/C67H133N2O6P/c1-6-8-10-12-14-16-18-20-22-24-26-28-30-32-33-34-35-36-37-39-41-43-45-47-49-51-53-55-57-59-61-67(71)68-65(64-75-76(72,73)74-63-62-69(3,4)5)66(70)60-58-56-54-52-50-48-46-44-42-40-38-31-29-27-25-23-21-19-17-15-13-11-9-7-2/h50,52,58,60,65-66,70H,6-49,51,53-57,59,61-64H2,1-5H3,(H-,68,71,72,73)/b52-50+,60-58+. The van der Waals surface area contributed by atoms with Crippen LogP contribution in [0.4, 0.5) is 0 Å². The largest absolute Gasteiger partial charge is 0.756 e. The molecule has 0 saturated carbocycles. The number of carbonyl (C=O) groups excluding carboxylic acids is 1. The first-order valence-electron chi connectivity index (χ1n) is 33.7. The van der Waals surface area contributed by atoms with Crippen LogP contribution in [0.25, 0.3) is 0 Å². The summed E-state index contributed by atoms with van der Waals surface area (Å²) in [5.41, 5.74) is 0. The van der Waals surface area contributed by atoms with Crippen LogP contribution in [0, 0.1) is 0 Å². The highest BCUT2D eigenvalue weighted by Gasteiger charge is 2.23. The fourth-order valence-corrected chi connectivity index (χ4v) is 11.1. The Morgan fingerprint density at radius 2 is 0.737 bits per heavy atom. The summed E-state index contributed by atoms with van der Waals surface area (Å²) in [7, 11) is 1.26. The molecule has 0 heterocycles. The van der Waals surface area contributed by atoms with Gasteiger partial charge in [-0.15, -0.1) is 0 Å². The number of hydrogen-bond acceptors (Lipinski definition) is 6. The first-order chi connectivity index (χ1) is 37.0. The van der Waals surface area contributed by atoms with E-state index in [0.29, 0.717) is 17.4 Å². The van der Waals surface area contributed by atoms with Crippen LogP contribution in [0.5, 0.6) is 0 Å². The molecule has 0 rings (SSSR count). The molecule has 0 aliphatic rings. The average molecular weight is 1090 g/mol. The van der Waals surface area contributed by atoms with Crippen LogP contribution in [0.2, 0.25) is 0 Å². The van der Waals surface area contributed by atoms with Crippen LogP contribution in [-0.4, -0.2) is 68.5 Å². The molecule has 0 saturated heterocycles. The van der Waals surface area contributed by atoms with Gasteiger partial charge in [-0.05, 0) is 32.1 Å². The van der Waals surface area contributed by atoms with Crippen LogP contribution in [0.15, 0.2) is 24.3 Å². The number of allylic oxidation sites excluding steroid dienone is 3. The molecule has 0 bridgehead atoms. The smallest absolute Gasteiger partial charge is 0.268 e. The van der Waals surface area contributed by atoms with Crippen molar-refractivity contribution in [1.82, 2.24) is 5.32 Å². The predicted octanol–water partition coefficient (Wildman–Crippen LogP) is 20.5. The van der Waals surface area contributed by atoms with E-state index in [2.05, 4.69) is 31.3 Å². The molecule has 0 aliphatic heterocycles. The number of quaternary nitrogens is 1. The van der Waals surface area contributed by atoms with Crippen molar-refractivity contribution in [1.29, 1.82) is 0 Å². The Kier molecular flexibility index (Phi) is 57.8. The van der Waals surface area contributed by atoms with Crippen molar-refractivity contribution in [2.24, 2.45) is 0 Å². The number of phosphoric acid groups is 1. The van der Waals surface area contributed by atoms with Gasteiger partial charge in [0.15, 0.2) is 0 Å². The topological polar surface area (TPSA) is 108 Å². The molecule has 0 aromatic carbocycles. The maximum absolute atomic E-state index is 13.0. The Morgan fingerprint density at radius 3 is 1.07 bits per heavy atom. The number of likely N-dealkylation sites (N-methyl/N-ethyl adjacent to an activating group) is 1. The van der Waals surface area contributed by atoms with Crippen LogP contribution in [0.3, 0.4) is 0 Å². The third-order valence-electron chi connectivity index (χ3n) is 15.7. The molecule has 0 aromatic rings. The lowest BCUT2D eigenvalue weighted by Gasteiger charge is -2.29. The van der Waals surface area contributed by atoms with Crippen LogP contribution in [0.1, 0.15) is 348 Å². The number of nitrogens with zero attached hydrogens (tertiary/aromatic N) is 1. The minimum Gasteiger partial charge on any atom is -0.756 e. The number of carbonyl (C=O) groups is 1. The molecule has 0 spiro atoms. The summed E-state index contributed by atoms with van der Waals surface area (Å²) < 4.78 is 23.4. The first-order valence-corrected chi connectivity index (χ1v) is 35.2. The summed E-state index contributed by atoms with van der Waals surface area (Å²) in [5.74, 6) is -0.199. The van der Waals surface area contributed by atoms with E-state index < -0.39 is 20.0 Å². The predicted molar refractivity (Wildman–Crippen MR) is 330 cm³/mol. The van der Waals surface area contributed by atoms with Gasteiger partial charge in [-0.1, -0.05) is 334 Å². The Bertz CT molecular complexity index is 1290. The van der Waals surface area contributed by atoms with Gasteiger partial charge < -0.3 is 28.8 Å². The van der Waals surface area contributed by atoms with E-state index in [4.69, 9.17) is 9.05 Å². The highest BCUT2D eigenvalue weighted by Crippen LogP contribution is 2.38. The molecule has 0 aromatic heterocycles. The molecule has 452 valence electrons. The minimum absolute atomic E-state index is 0.00347. The van der Waals surface area contributed by atoms with Gasteiger partial charge in [0.05, 0.1) is 39.9 Å². The lowest BCUT2D eigenvalue weighted by atomic mass is 10.0. The number of phosphoric ester groups is 1. The molecule has 76 heavy (non-hydrogen) atoms. The van der Waals surface area contributed by atoms with E-state index in [1.165, 1.54) is 289 Å². The summed E-state index contributed by atoms with van der Waals surface area (Å²) in [6.07, 6.45) is 75.9. The Morgan fingerprint density at radius 1 is 0.447 bits per heavy atom. The van der Waals surface area contributed by atoms with E-state index in [1.54, 1.807) is 6.08 Å². The van der Waals surface area contributed by atoms with Gasteiger partial charge in [0.2, 0.25) is 5.91 Å². The molecule has 8 nitrogen and oxygen atoms in total. The summed E-state index contributed by atoms with van der Waals surface area (Å²) in [5, 5.41) is 13.9. The van der Waals surface area contributed by atoms with Crippen molar-refractivity contribution >= 4 is 13.7 Å². The normalized spacial score (nSPS) is 13.8. The van der Waals surface area contributed by atoms with E-state index in [-0.39, 0.29) is 19.1 Å². The molecule has 3 atom stereocenters. The maximum atomic E-state index is 13.0. The van der Waals surface area contributed by atoms with Crippen LogP contribution in [-0.2, 0) is 18.4 Å².